The first-order chi connectivity index (χ1) is 15.9. The number of carbonyl (C=O) groups is 1. The smallest absolute Gasteiger partial charge is 0.286 e. The van der Waals surface area contributed by atoms with E-state index in [1.54, 1.807) is 29.4 Å². The van der Waals surface area contributed by atoms with Crippen LogP contribution in [0.5, 0.6) is 0 Å². The summed E-state index contributed by atoms with van der Waals surface area (Å²) in [5.74, 6) is -1.09. The summed E-state index contributed by atoms with van der Waals surface area (Å²) in [7, 11) is 3.40. The Bertz CT molecular complexity index is 1140. The van der Waals surface area contributed by atoms with Crippen LogP contribution < -0.4 is 5.56 Å². The molecule has 10 heteroatoms. The van der Waals surface area contributed by atoms with Crippen molar-refractivity contribution in [3.63, 3.8) is 0 Å². The fourth-order valence-corrected chi connectivity index (χ4v) is 4.47. The molecule has 0 fully saturated rings. The first-order valence-electron chi connectivity index (χ1n) is 11.1. The van der Waals surface area contributed by atoms with Gasteiger partial charge in [0.1, 0.15) is 0 Å². The summed E-state index contributed by atoms with van der Waals surface area (Å²) in [6.07, 6.45) is 2.14. The average molecular weight is 510 g/mol. The average Bonchev–Trinajstić information content (AvgIpc) is 2.80. The van der Waals surface area contributed by atoms with E-state index in [0.717, 1.165) is 5.71 Å². The van der Waals surface area contributed by atoms with Crippen molar-refractivity contribution in [3.8, 4) is 0 Å². The zero-order valence-electron chi connectivity index (χ0n) is 20.2. The van der Waals surface area contributed by atoms with E-state index in [-0.39, 0.29) is 23.0 Å². The van der Waals surface area contributed by atoms with E-state index < -0.39 is 17.4 Å². The minimum atomic E-state index is -0.837. The van der Waals surface area contributed by atoms with Crippen LogP contribution in [0.25, 0.3) is 0 Å². The lowest BCUT2D eigenvalue weighted by atomic mass is 10.1. The molecule has 0 N–H and O–H groups in total. The van der Waals surface area contributed by atoms with Crippen LogP contribution in [0.1, 0.15) is 56.1 Å². The van der Waals surface area contributed by atoms with Crippen LogP contribution in [-0.2, 0) is 7.05 Å². The predicted octanol–water partition coefficient (Wildman–Crippen LogP) is 4.74. The van der Waals surface area contributed by atoms with Gasteiger partial charge in [-0.1, -0.05) is 23.2 Å². The Morgan fingerprint density at radius 1 is 1.15 bits per heavy atom. The Hall–Kier alpha value is -2.42. The summed E-state index contributed by atoms with van der Waals surface area (Å²) in [5.41, 5.74) is 1.15. The van der Waals surface area contributed by atoms with Gasteiger partial charge in [-0.2, -0.15) is 5.10 Å². The van der Waals surface area contributed by atoms with Crippen molar-refractivity contribution >= 4 is 34.8 Å². The molecule has 0 radical (unpaired) electrons. The Kier molecular flexibility index (Phi) is 8.06. The van der Waals surface area contributed by atoms with Crippen LogP contribution in [0, 0.1) is 5.82 Å². The van der Waals surface area contributed by atoms with Crippen molar-refractivity contribution in [2.45, 2.75) is 52.2 Å². The molecule has 0 saturated carbocycles. The molecule has 3 rings (SSSR count). The molecule has 0 aliphatic carbocycles. The van der Waals surface area contributed by atoms with Gasteiger partial charge >= 0.3 is 0 Å². The summed E-state index contributed by atoms with van der Waals surface area (Å²) in [4.78, 5) is 25.8. The number of rotatable bonds is 3. The molecule has 2 aromatic rings. The molecule has 0 spiro atoms. The van der Waals surface area contributed by atoms with Crippen molar-refractivity contribution in [1.82, 2.24) is 19.6 Å². The van der Waals surface area contributed by atoms with Gasteiger partial charge in [0, 0.05) is 44.5 Å². The van der Waals surface area contributed by atoms with Crippen molar-refractivity contribution < 1.29 is 9.18 Å². The van der Waals surface area contributed by atoms with Gasteiger partial charge in [0.15, 0.2) is 5.82 Å². The highest BCUT2D eigenvalue weighted by molar-refractivity contribution is 6.42. The van der Waals surface area contributed by atoms with E-state index in [9.17, 15) is 14.0 Å². The monoisotopic (exact) mass is 509 g/mol. The number of carbonyl (C=O) groups excluding carboxylic acids is 1. The van der Waals surface area contributed by atoms with Crippen LogP contribution in [0.15, 0.2) is 40.4 Å². The number of likely N-dealkylation sites (N-methyl/N-ethyl adjacent to an activating group) is 1. The molecule has 34 heavy (non-hydrogen) atoms. The normalized spacial score (nSPS) is 22.4. The van der Waals surface area contributed by atoms with Gasteiger partial charge in [0.25, 0.3) is 11.5 Å². The molecule has 1 aliphatic rings. The molecule has 2 heterocycles. The van der Waals surface area contributed by atoms with Crippen molar-refractivity contribution in [1.29, 1.82) is 0 Å². The van der Waals surface area contributed by atoms with Gasteiger partial charge in [0.2, 0.25) is 0 Å². The highest BCUT2D eigenvalue weighted by Gasteiger charge is 2.35. The van der Waals surface area contributed by atoms with Crippen LogP contribution in [0.2, 0.25) is 10.0 Å². The summed E-state index contributed by atoms with van der Waals surface area (Å²) in [5, 5.41) is 10.8. The highest BCUT2D eigenvalue weighted by Crippen LogP contribution is 2.29. The molecule has 1 aromatic heterocycles. The SMILES string of the molecule is C/C1=N\N(C)[C@H](C)CN(C(C)c2cc(F)c(=O)n(C)c2)N(C(=O)c2ccc(Cl)c(Cl)c2)[C@H](C)C1. The first-order valence-corrected chi connectivity index (χ1v) is 11.8. The minimum absolute atomic E-state index is 0.0656. The Balaban J connectivity index is 2.14. The van der Waals surface area contributed by atoms with Gasteiger partial charge in [-0.3, -0.25) is 19.6 Å². The molecule has 1 aliphatic heterocycles. The topological polar surface area (TPSA) is 61.1 Å². The summed E-state index contributed by atoms with van der Waals surface area (Å²) in [6, 6.07) is 5.27. The van der Waals surface area contributed by atoms with Crippen LogP contribution in [0.3, 0.4) is 0 Å². The molecule has 184 valence electrons. The minimum Gasteiger partial charge on any atom is -0.316 e. The van der Waals surface area contributed by atoms with E-state index in [4.69, 9.17) is 23.2 Å². The number of hydrazine groups is 1. The van der Waals surface area contributed by atoms with Crippen molar-refractivity contribution in [2.75, 3.05) is 13.6 Å². The molecular formula is C24H30Cl2FN5O2. The van der Waals surface area contributed by atoms with Gasteiger partial charge in [-0.05, 0) is 57.5 Å². The fraction of sp³-hybridized carbons (Fsp3) is 0.458. The van der Waals surface area contributed by atoms with E-state index in [2.05, 4.69) is 5.10 Å². The number of hydrazone groups is 1. The maximum atomic E-state index is 14.4. The van der Waals surface area contributed by atoms with E-state index in [1.807, 2.05) is 44.8 Å². The number of benzene rings is 1. The van der Waals surface area contributed by atoms with Gasteiger partial charge < -0.3 is 4.57 Å². The zero-order valence-corrected chi connectivity index (χ0v) is 21.7. The summed E-state index contributed by atoms with van der Waals surface area (Å²) < 4.78 is 15.6. The quantitative estimate of drug-likeness (QED) is 0.599. The Morgan fingerprint density at radius 3 is 2.44 bits per heavy atom. The van der Waals surface area contributed by atoms with Gasteiger partial charge in [-0.25, -0.2) is 9.40 Å². The number of halogens is 3. The van der Waals surface area contributed by atoms with Crippen LogP contribution in [0.4, 0.5) is 4.39 Å². The molecule has 1 unspecified atom stereocenters. The second kappa shape index (κ2) is 10.5. The van der Waals surface area contributed by atoms with E-state index in [1.165, 1.54) is 17.7 Å². The van der Waals surface area contributed by atoms with Crippen LogP contribution in [-0.4, -0.2) is 56.9 Å². The Labute approximate surface area is 209 Å². The molecule has 1 amide bonds. The lowest BCUT2D eigenvalue weighted by molar-refractivity contribution is -0.0653. The molecule has 1 aromatic carbocycles. The van der Waals surface area contributed by atoms with Crippen LogP contribution >= 0.6 is 23.2 Å². The number of hydrogen-bond acceptors (Lipinski definition) is 5. The molecule has 0 saturated heterocycles. The van der Waals surface area contributed by atoms with Gasteiger partial charge in [0.05, 0.1) is 28.2 Å². The van der Waals surface area contributed by atoms with Crippen molar-refractivity contribution in [3.05, 3.63) is 67.8 Å². The van der Waals surface area contributed by atoms with Crippen molar-refractivity contribution in [2.24, 2.45) is 12.1 Å². The summed E-state index contributed by atoms with van der Waals surface area (Å²) in [6.45, 7) is 8.21. The lowest BCUT2D eigenvalue weighted by Crippen LogP contribution is -2.55. The van der Waals surface area contributed by atoms with Gasteiger partial charge in [-0.15, -0.1) is 0 Å². The number of aromatic nitrogens is 1. The third-order valence-electron chi connectivity index (χ3n) is 6.17. The maximum absolute atomic E-state index is 14.4. The number of hydrogen-bond donors (Lipinski definition) is 0. The van der Waals surface area contributed by atoms with E-state index in [0.29, 0.717) is 29.1 Å². The fourth-order valence-electron chi connectivity index (χ4n) is 4.17. The number of aryl methyl sites for hydroxylation is 1. The second-order valence-corrected chi connectivity index (χ2v) is 9.74. The third kappa shape index (κ3) is 5.45. The number of nitrogens with zero attached hydrogens (tertiary/aromatic N) is 5. The number of amides is 1. The molecular weight excluding hydrogens is 480 g/mol. The lowest BCUT2D eigenvalue weighted by Gasteiger charge is -2.43. The third-order valence-corrected chi connectivity index (χ3v) is 6.91. The zero-order chi connectivity index (χ0) is 25.3. The largest absolute Gasteiger partial charge is 0.316 e. The highest BCUT2D eigenvalue weighted by atomic mass is 35.5. The standard InChI is InChI=1S/C24H30Cl2FN5O2/c1-14-9-15(2)32(23(33)18-7-8-20(25)21(26)10-18)31(12-16(3)30(6)28-14)17(4)19-11-22(27)24(34)29(5)13-19/h7-8,10-11,13,15-17H,9,12H2,1-6H3/b28-14+/t15-,16-,17?/m1/s1. The predicted molar refractivity (Wildman–Crippen MR) is 134 cm³/mol. The maximum Gasteiger partial charge on any atom is 0.286 e. The first kappa shape index (κ1) is 26.2. The second-order valence-electron chi connectivity index (χ2n) is 8.93. The van der Waals surface area contributed by atoms with E-state index >= 15 is 0 Å². The molecule has 0 bridgehead atoms. The summed E-state index contributed by atoms with van der Waals surface area (Å²) >= 11 is 12.3. The Morgan fingerprint density at radius 2 is 1.82 bits per heavy atom. The number of pyridine rings is 1. The molecule has 7 nitrogen and oxygen atoms in total. The molecule has 3 atom stereocenters.